The van der Waals surface area contributed by atoms with Crippen LogP contribution in [0.25, 0.3) is 17.0 Å². The molecular formula is C22H21NO. The van der Waals surface area contributed by atoms with Gasteiger partial charge in [0, 0.05) is 28.6 Å². The Hall–Kier alpha value is -2.48. The molecular weight excluding hydrogens is 294 g/mol. The van der Waals surface area contributed by atoms with Crippen LogP contribution in [0, 0.1) is 13.8 Å². The second-order valence-corrected chi connectivity index (χ2v) is 7.35. The van der Waals surface area contributed by atoms with E-state index < -0.39 is 0 Å². The van der Waals surface area contributed by atoms with Gasteiger partial charge in [0.2, 0.25) is 0 Å². The van der Waals surface area contributed by atoms with Gasteiger partial charge < -0.3 is 9.72 Å². The number of hydrogen-bond acceptors (Lipinski definition) is 1. The van der Waals surface area contributed by atoms with E-state index in [-0.39, 0.29) is 5.60 Å². The molecule has 1 aliphatic carbocycles. The van der Waals surface area contributed by atoms with Crippen LogP contribution >= 0.6 is 0 Å². The maximum atomic E-state index is 6.52. The lowest BCUT2D eigenvalue weighted by Gasteiger charge is -2.38. The summed E-state index contributed by atoms with van der Waals surface area (Å²) in [5, 5.41) is 1.36. The first-order valence-corrected chi connectivity index (χ1v) is 8.71. The zero-order valence-corrected chi connectivity index (χ0v) is 14.1. The number of aromatic nitrogens is 1. The molecule has 1 spiro atoms. The van der Waals surface area contributed by atoms with Crippen molar-refractivity contribution in [3.8, 4) is 5.75 Å². The first-order chi connectivity index (χ1) is 11.6. The third-order valence-electron chi connectivity index (χ3n) is 5.47. The maximum Gasteiger partial charge on any atom is 0.132 e. The van der Waals surface area contributed by atoms with Crippen LogP contribution in [0.3, 0.4) is 0 Å². The average molecular weight is 315 g/mol. The predicted octanol–water partition coefficient (Wildman–Crippen LogP) is 5.12. The second kappa shape index (κ2) is 4.76. The van der Waals surface area contributed by atoms with E-state index in [1.165, 1.54) is 38.9 Å². The van der Waals surface area contributed by atoms with Crippen LogP contribution in [0.2, 0.25) is 0 Å². The third kappa shape index (κ3) is 2.02. The van der Waals surface area contributed by atoms with Crippen molar-refractivity contribution in [2.45, 2.75) is 38.7 Å². The highest BCUT2D eigenvalue weighted by Crippen LogP contribution is 2.41. The molecule has 1 aliphatic heterocycles. The lowest BCUT2D eigenvalue weighted by molar-refractivity contribution is 0.101. The number of fused-ring (bicyclic) bond motifs is 4. The van der Waals surface area contributed by atoms with Gasteiger partial charge in [-0.25, -0.2) is 0 Å². The normalized spacial score (nSPS) is 21.6. The highest BCUT2D eigenvalue weighted by molar-refractivity contribution is 5.86. The van der Waals surface area contributed by atoms with E-state index in [2.05, 4.69) is 67.4 Å². The van der Waals surface area contributed by atoms with Crippen LogP contribution in [0.1, 0.15) is 34.4 Å². The summed E-state index contributed by atoms with van der Waals surface area (Å²) in [6, 6.07) is 13.1. The van der Waals surface area contributed by atoms with Gasteiger partial charge in [-0.15, -0.1) is 0 Å². The van der Waals surface area contributed by atoms with Gasteiger partial charge in [-0.05, 0) is 62.6 Å². The maximum absolute atomic E-state index is 6.52. The second-order valence-electron chi connectivity index (χ2n) is 7.35. The zero-order valence-electron chi connectivity index (χ0n) is 14.1. The first-order valence-electron chi connectivity index (χ1n) is 8.71. The van der Waals surface area contributed by atoms with Crippen LogP contribution in [0.5, 0.6) is 5.75 Å². The number of nitrogens with one attached hydrogen (secondary N) is 1. The summed E-state index contributed by atoms with van der Waals surface area (Å²) in [7, 11) is 0. The van der Waals surface area contributed by atoms with Gasteiger partial charge in [-0.2, -0.15) is 0 Å². The van der Waals surface area contributed by atoms with Crippen molar-refractivity contribution in [1.29, 1.82) is 0 Å². The van der Waals surface area contributed by atoms with Gasteiger partial charge in [0.1, 0.15) is 11.4 Å². The van der Waals surface area contributed by atoms with Crippen molar-refractivity contribution in [3.05, 3.63) is 70.4 Å². The van der Waals surface area contributed by atoms with E-state index >= 15 is 0 Å². The number of aryl methyl sites for hydroxylation is 3. The van der Waals surface area contributed by atoms with Gasteiger partial charge in [0.25, 0.3) is 0 Å². The van der Waals surface area contributed by atoms with Crippen molar-refractivity contribution in [3.63, 3.8) is 0 Å². The molecule has 1 N–H and O–H groups in total. The molecule has 0 saturated carbocycles. The fourth-order valence-corrected chi connectivity index (χ4v) is 4.17. The van der Waals surface area contributed by atoms with E-state index in [1.54, 1.807) is 0 Å². The highest BCUT2D eigenvalue weighted by atomic mass is 16.5. The number of rotatable bonds is 0. The van der Waals surface area contributed by atoms with Crippen molar-refractivity contribution >= 4 is 17.0 Å². The average Bonchev–Trinajstić information content (AvgIpc) is 2.92. The summed E-state index contributed by atoms with van der Waals surface area (Å²) in [6.07, 6.45) is 7.53. The van der Waals surface area contributed by atoms with Gasteiger partial charge in [0.15, 0.2) is 0 Å². The predicted molar refractivity (Wildman–Crippen MR) is 98.6 cm³/mol. The molecule has 5 rings (SSSR count). The number of H-pyrrole nitrogens is 1. The largest absolute Gasteiger partial charge is 0.482 e. The van der Waals surface area contributed by atoms with Crippen molar-refractivity contribution in [2.75, 3.05) is 0 Å². The molecule has 2 aromatic carbocycles. The Bertz CT molecular complexity index is 995. The van der Waals surface area contributed by atoms with Crippen LogP contribution in [0.4, 0.5) is 0 Å². The molecule has 3 aromatic rings. The zero-order chi connectivity index (χ0) is 16.3. The minimum atomic E-state index is -0.200. The van der Waals surface area contributed by atoms with Crippen LogP contribution in [-0.4, -0.2) is 10.6 Å². The van der Waals surface area contributed by atoms with E-state index in [1.807, 2.05) is 0 Å². The number of aromatic amines is 1. The van der Waals surface area contributed by atoms with Crippen molar-refractivity contribution in [1.82, 2.24) is 4.98 Å². The van der Waals surface area contributed by atoms with Gasteiger partial charge in [-0.1, -0.05) is 29.3 Å². The van der Waals surface area contributed by atoms with Crippen LogP contribution in [-0.2, 0) is 12.8 Å². The molecule has 0 fully saturated rings. The standard InChI is InChI=1S/C22H21NO/c1-14-4-6-21-16(11-14)7-9-22(24-21)10-8-20-18(13-22)17-12-15(2)3-5-19(17)23-20/h3-7,9,11-12,23H,8,10,13H2,1-2H3. The third-order valence-corrected chi connectivity index (χ3v) is 5.47. The highest BCUT2D eigenvalue weighted by Gasteiger charge is 2.38. The molecule has 1 atom stereocenters. The fraction of sp³-hybridized carbons (Fsp3) is 0.273. The van der Waals surface area contributed by atoms with Gasteiger partial charge >= 0.3 is 0 Å². The molecule has 2 heterocycles. The summed E-state index contributed by atoms with van der Waals surface area (Å²) in [6.45, 7) is 4.28. The van der Waals surface area contributed by atoms with Gasteiger partial charge in [-0.3, -0.25) is 0 Å². The summed E-state index contributed by atoms with van der Waals surface area (Å²) in [5.74, 6) is 1.02. The van der Waals surface area contributed by atoms with E-state index in [0.717, 1.165) is 25.0 Å². The molecule has 0 saturated heterocycles. The minimum Gasteiger partial charge on any atom is -0.482 e. The number of ether oxygens (including phenoxy) is 1. The van der Waals surface area contributed by atoms with E-state index in [9.17, 15) is 0 Å². The van der Waals surface area contributed by atoms with Gasteiger partial charge in [0.05, 0.1) is 0 Å². The molecule has 120 valence electrons. The Kier molecular flexibility index (Phi) is 2.76. The monoisotopic (exact) mass is 315 g/mol. The summed E-state index contributed by atoms with van der Waals surface area (Å²) >= 11 is 0. The van der Waals surface area contributed by atoms with Crippen molar-refractivity contribution < 1.29 is 4.74 Å². The molecule has 0 amide bonds. The number of hydrogen-bond donors (Lipinski definition) is 1. The quantitative estimate of drug-likeness (QED) is 0.612. The van der Waals surface area contributed by atoms with Crippen LogP contribution in [0.15, 0.2) is 42.5 Å². The Morgan fingerprint density at radius 2 is 1.88 bits per heavy atom. The molecule has 2 aliphatic rings. The molecule has 24 heavy (non-hydrogen) atoms. The van der Waals surface area contributed by atoms with E-state index in [0.29, 0.717) is 0 Å². The fourth-order valence-electron chi connectivity index (χ4n) is 4.17. The molecule has 0 radical (unpaired) electrons. The SMILES string of the molecule is Cc1ccc2c(c1)C=CC1(CCc3[nH]c4ccc(C)cc4c3C1)O2. The molecule has 0 bridgehead atoms. The minimum absolute atomic E-state index is 0.200. The summed E-state index contributed by atoms with van der Waals surface area (Å²) in [4.78, 5) is 3.61. The topological polar surface area (TPSA) is 25.0 Å². The molecule has 2 heteroatoms. The Labute approximate surface area is 142 Å². The summed E-state index contributed by atoms with van der Waals surface area (Å²) < 4.78 is 6.52. The Morgan fingerprint density at radius 1 is 1.04 bits per heavy atom. The van der Waals surface area contributed by atoms with Crippen LogP contribution < -0.4 is 4.74 Å². The first kappa shape index (κ1) is 13.9. The molecule has 1 unspecified atom stereocenters. The van der Waals surface area contributed by atoms with Crippen molar-refractivity contribution in [2.24, 2.45) is 0 Å². The molecule has 2 nitrogen and oxygen atoms in total. The summed E-state index contributed by atoms with van der Waals surface area (Å²) in [5.41, 5.74) is 7.64. The lowest BCUT2D eigenvalue weighted by Crippen LogP contribution is -2.41. The Balaban J connectivity index is 1.58. The molecule has 1 aromatic heterocycles. The smallest absolute Gasteiger partial charge is 0.132 e. The van der Waals surface area contributed by atoms with E-state index in [4.69, 9.17) is 4.74 Å². The lowest BCUT2D eigenvalue weighted by atomic mass is 9.80. The Morgan fingerprint density at radius 3 is 2.79 bits per heavy atom. The number of benzene rings is 2.